The molecule has 0 saturated heterocycles. The predicted octanol–water partition coefficient (Wildman–Crippen LogP) is 2.98. The van der Waals surface area contributed by atoms with Crippen LogP contribution < -0.4 is 20.3 Å². The molecule has 2 aromatic heterocycles. The number of aromatic carboxylic acids is 2. The Morgan fingerprint density at radius 2 is 1.09 bits per heavy atom. The predicted molar refractivity (Wildman–Crippen MR) is 111 cm³/mol. The number of carboxylic acids is 2. The summed E-state index contributed by atoms with van der Waals surface area (Å²) in [4.78, 5) is 47.6. The van der Waals surface area contributed by atoms with Crippen LogP contribution in [0.3, 0.4) is 0 Å². The number of hydrogen-bond acceptors (Lipinski definition) is 8. The molecule has 0 aliphatic heterocycles. The van der Waals surface area contributed by atoms with Crippen LogP contribution in [-0.2, 0) is 0 Å². The molecule has 0 bridgehead atoms. The van der Waals surface area contributed by atoms with E-state index in [-0.39, 0.29) is 33.4 Å². The summed E-state index contributed by atoms with van der Waals surface area (Å²) in [7, 11) is 2.65. The van der Waals surface area contributed by atoms with E-state index in [4.69, 9.17) is 28.5 Å². The Morgan fingerprint density at radius 1 is 0.719 bits per heavy atom. The first-order valence-electron chi connectivity index (χ1n) is 9.03. The summed E-state index contributed by atoms with van der Waals surface area (Å²) in [6.07, 6.45) is 0. The molecular formula is C22H14O10. The minimum atomic E-state index is -1.39. The normalized spacial score (nSPS) is 10.9. The van der Waals surface area contributed by atoms with Crippen molar-refractivity contribution in [3.63, 3.8) is 0 Å². The molecule has 0 unspecified atom stereocenters. The molecule has 2 aromatic carbocycles. The topological polar surface area (TPSA) is 153 Å². The zero-order valence-corrected chi connectivity index (χ0v) is 16.6. The molecule has 0 fully saturated rings. The lowest BCUT2D eigenvalue weighted by Crippen LogP contribution is -2.09. The maximum absolute atomic E-state index is 12.6. The van der Waals surface area contributed by atoms with E-state index in [1.807, 2.05) is 0 Å². The molecule has 0 saturated carbocycles. The number of hydrogen-bond donors (Lipinski definition) is 2. The van der Waals surface area contributed by atoms with Gasteiger partial charge in [-0.25, -0.2) is 9.59 Å². The standard InChI is InChI=1S/C22H14O10/c1-29-19-9(3-5-13-17(19)11(23)7-15(31-13)21(25)26)10-4-6-14-18(20(10)30-2)12(24)8-16(32-14)22(27)28/h3-8H,1-2H3,(H,25,26)(H,27,28). The molecule has 0 radical (unpaired) electrons. The molecule has 162 valence electrons. The molecule has 0 spiro atoms. The van der Waals surface area contributed by atoms with E-state index in [0.717, 1.165) is 12.1 Å². The Bertz CT molecular complexity index is 1420. The van der Waals surface area contributed by atoms with Crippen molar-refractivity contribution in [1.82, 2.24) is 0 Å². The summed E-state index contributed by atoms with van der Waals surface area (Å²) in [6.45, 7) is 0. The van der Waals surface area contributed by atoms with E-state index in [2.05, 4.69) is 0 Å². The van der Waals surface area contributed by atoms with Crippen molar-refractivity contribution in [2.75, 3.05) is 14.2 Å². The molecule has 10 nitrogen and oxygen atoms in total. The third-order valence-electron chi connectivity index (χ3n) is 4.82. The van der Waals surface area contributed by atoms with Crippen molar-refractivity contribution < 1.29 is 38.1 Å². The van der Waals surface area contributed by atoms with Gasteiger partial charge in [-0.15, -0.1) is 0 Å². The van der Waals surface area contributed by atoms with Gasteiger partial charge in [-0.2, -0.15) is 0 Å². The smallest absolute Gasteiger partial charge is 0.371 e. The lowest BCUT2D eigenvalue weighted by Gasteiger charge is -2.15. The van der Waals surface area contributed by atoms with Crippen LogP contribution in [0.1, 0.15) is 21.1 Å². The minimum Gasteiger partial charge on any atom is -0.495 e. The van der Waals surface area contributed by atoms with Gasteiger partial charge in [0.1, 0.15) is 33.4 Å². The van der Waals surface area contributed by atoms with Crippen molar-refractivity contribution >= 4 is 33.9 Å². The van der Waals surface area contributed by atoms with Gasteiger partial charge < -0.3 is 28.5 Å². The summed E-state index contributed by atoms with van der Waals surface area (Å²) in [5, 5.41) is 18.3. The first kappa shape index (κ1) is 20.7. The van der Waals surface area contributed by atoms with Crippen molar-refractivity contribution in [2.45, 2.75) is 0 Å². The van der Waals surface area contributed by atoms with Gasteiger partial charge in [0.15, 0.2) is 10.9 Å². The highest BCUT2D eigenvalue weighted by Crippen LogP contribution is 2.42. The summed E-state index contributed by atoms with van der Waals surface area (Å²) >= 11 is 0. The molecule has 2 heterocycles. The van der Waals surface area contributed by atoms with Gasteiger partial charge >= 0.3 is 11.9 Å². The average Bonchev–Trinajstić information content (AvgIpc) is 2.77. The fourth-order valence-electron chi connectivity index (χ4n) is 3.50. The van der Waals surface area contributed by atoms with E-state index in [9.17, 15) is 19.2 Å². The molecule has 4 rings (SSSR count). The number of carbonyl (C=O) groups is 2. The molecule has 0 aliphatic rings. The maximum atomic E-state index is 12.6. The molecule has 0 atom stereocenters. The van der Waals surface area contributed by atoms with Gasteiger partial charge in [0.2, 0.25) is 11.5 Å². The van der Waals surface area contributed by atoms with Gasteiger partial charge in [-0.05, 0) is 24.3 Å². The molecule has 0 aliphatic carbocycles. The van der Waals surface area contributed by atoms with Crippen molar-refractivity contribution in [3.05, 3.63) is 68.4 Å². The average molecular weight is 438 g/mol. The van der Waals surface area contributed by atoms with Crippen LogP contribution in [0, 0.1) is 0 Å². The fourth-order valence-corrected chi connectivity index (χ4v) is 3.50. The number of carboxylic acid groups (broad SMARTS) is 2. The number of ether oxygens (including phenoxy) is 2. The lowest BCUT2D eigenvalue weighted by molar-refractivity contribution is 0.0653. The van der Waals surface area contributed by atoms with Crippen molar-refractivity contribution in [1.29, 1.82) is 0 Å². The van der Waals surface area contributed by atoms with Gasteiger partial charge in [0, 0.05) is 23.3 Å². The van der Waals surface area contributed by atoms with E-state index in [1.165, 1.54) is 38.5 Å². The summed E-state index contributed by atoms with van der Waals surface area (Å²) < 4.78 is 21.5. The van der Waals surface area contributed by atoms with Gasteiger partial charge in [0.25, 0.3) is 0 Å². The Morgan fingerprint density at radius 3 is 1.41 bits per heavy atom. The largest absolute Gasteiger partial charge is 0.495 e. The highest BCUT2D eigenvalue weighted by atomic mass is 16.5. The number of fused-ring (bicyclic) bond motifs is 2. The van der Waals surface area contributed by atoms with Crippen LogP contribution in [0.4, 0.5) is 0 Å². The van der Waals surface area contributed by atoms with Crippen LogP contribution in [0.25, 0.3) is 33.1 Å². The molecule has 2 N–H and O–H groups in total. The van der Waals surface area contributed by atoms with Crippen LogP contribution in [0.15, 0.2) is 54.8 Å². The van der Waals surface area contributed by atoms with E-state index in [1.54, 1.807) is 0 Å². The molecule has 10 heteroatoms. The second-order valence-corrected chi connectivity index (χ2v) is 6.60. The second kappa shape index (κ2) is 7.58. The number of benzene rings is 2. The minimum absolute atomic E-state index is 0.000805. The molecule has 0 amide bonds. The quantitative estimate of drug-likeness (QED) is 0.475. The molecule has 32 heavy (non-hydrogen) atoms. The molecule has 4 aromatic rings. The first-order valence-corrected chi connectivity index (χ1v) is 9.03. The monoisotopic (exact) mass is 438 g/mol. The SMILES string of the molecule is COc1c(-c2ccc3oc(C(=O)O)cc(=O)c3c2OC)ccc2oc(C(=O)O)cc(=O)c12. The first-order chi connectivity index (χ1) is 15.3. The van der Waals surface area contributed by atoms with Crippen molar-refractivity contribution in [3.8, 4) is 22.6 Å². The van der Waals surface area contributed by atoms with E-state index >= 15 is 0 Å². The van der Waals surface area contributed by atoms with Gasteiger partial charge in [-0.3, -0.25) is 9.59 Å². The van der Waals surface area contributed by atoms with E-state index < -0.39 is 34.3 Å². The zero-order valence-electron chi connectivity index (χ0n) is 16.6. The third kappa shape index (κ3) is 3.14. The highest BCUT2D eigenvalue weighted by Gasteiger charge is 2.23. The number of methoxy groups -OCH3 is 2. The highest BCUT2D eigenvalue weighted by molar-refractivity contribution is 5.99. The van der Waals surface area contributed by atoms with Crippen LogP contribution in [0.2, 0.25) is 0 Å². The Kier molecular flexibility index (Phi) is 4.90. The third-order valence-corrected chi connectivity index (χ3v) is 4.82. The lowest BCUT2D eigenvalue weighted by atomic mass is 9.98. The van der Waals surface area contributed by atoms with Crippen molar-refractivity contribution in [2.24, 2.45) is 0 Å². The van der Waals surface area contributed by atoms with Crippen LogP contribution in [0.5, 0.6) is 11.5 Å². The van der Waals surface area contributed by atoms with Gasteiger partial charge in [-0.1, -0.05) is 0 Å². The summed E-state index contributed by atoms with van der Waals surface area (Å²) in [5.74, 6) is -3.67. The number of rotatable bonds is 5. The second-order valence-electron chi connectivity index (χ2n) is 6.60. The zero-order chi connectivity index (χ0) is 23.2. The fraction of sp³-hybridized carbons (Fsp3) is 0.0909. The Balaban J connectivity index is 2.07. The van der Waals surface area contributed by atoms with Crippen LogP contribution >= 0.6 is 0 Å². The van der Waals surface area contributed by atoms with Gasteiger partial charge in [0.05, 0.1) is 14.2 Å². The Labute approximate surface area is 177 Å². The van der Waals surface area contributed by atoms with E-state index in [0.29, 0.717) is 11.1 Å². The Hall–Kier alpha value is -4.60. The maximum Gasteiger partial charge on any atom is 0.371 e. The van der Waals surface area contributed by atoms with Crippen LogP contribution in [-0.4, -0.2) is 36.4 Å². The molecular weight excluding hydrogens is 424 g/mol. The summed E-state index contributed by atoms with van der Waals surface area (Å²) in [5.41, 5.74) is -0.547. The summed E-state index contributed by atoms with van der Waals surface area (Å²) in [6, 6.07) is 7.54.